The van der Waals surface area contributed by atoms with Gasteiger partial charge in [0.1, 0.15) is 0 Å². The third-order valence-electron chi connectivity index (χ3n) is 5.50. The summed E-state index contributed by atoms with van der Waals surface area (Å²) in [7, 11) is -2.05. The summed E-state index contributed by atoms with van der Waals surface area (Å²) in [5.74, 6) is -0.171. The molecule has 3 rings (SSSR count). The molecule has 158 valence electrons. The number of nitriles is 1. The van der Waals surface area contributed by atoms with E-state index in [2.05, 4.69) is 5.32 Å². The van der Waals surface area contributed by atoms with Crippen LogP contribution < -0.4 is 5.32 Å². The molecule has 2 aromatic rings. The molecule has 1 saturated heterocycles. The number of hydrogen-bond acceptors (Lipinski definition) is 5. The quantitative estimate of drug-likeness (QED) is 0.732. The topological polar surface area (TPSA) is 99.5 Å². The maximum atomic E-state index is 13.0. The van der Waals surface area contributed by atoms with Gasteiger partial charge in [-0.3, -0.25) is 4.79 Å². The molecule has 7 nitrogen and oxygen atoms in total. The van der Waals surface area contributed by atoms with E-state index in [4.69, 9.17) is 10.00 Å². The highest BCUT2D eigenvalue weighted by Crippen LogP contribution is 2.30. The number of carbonyl (C=O) groups is 1. The summed E-state index contributed by atoms with van der Waals surface area (Å²) in [5.41, 5.74) is 0.455. The van der Waals surface area contributed by atoms with Crippen molar-refractivity contribution in [2.75, 3.05) is 26.8 Å². The zero-order chi connectivity index (χ0) is 21.6. The molecule has 0 bridgehead atoms. The zero-order valence-electron chi connectivity index (χ0n) is 16.9. The Bertz CT molecular complexity index is 1010. The third kappa shape index (κ3) is 4.87. The lowest BCUT2D eigenvalue weighted by Crippen LogP contribution is -2.56. The van der Waals surface area contributed by atoms with Gasteiger partial charge in [0.25, 0.3) is 5.91 Å². The van der Waals surface area contributed by atoms with Gasteiger partial charge in [-0.2, -0.15) is 9.57 Å². The molecule has 0 saturated carbocycles. The smallest absolute Gasteiger partial charge is 0.251 e. The summed E-state index contributed by atoms with van der Waals surface area (Å²) in [6.07, 6.45) is 1.59. The molecule has 0 unspecified atom stereocenters. The third-order valence-corrected chi connectivity index (χ3v) is 7.41. The van der Waals surface area contributed by atoms with E-state index in [-0.39, 0.29) is 10.8 Å². The Labute approximate surface area is 177 Å². The number of methoxy groups -OCH3 is 1. The van der Waals surface area contributed by atoms with E-state index in [0.717, 1.165) is 0 Å². The van der Waals surface area contributed by atoms with Gasteiger partial charge in [0.05, 0.1) is 16.5 Å². The first-order chi connectivity index (χ1) is 14.4. The molecule has 1 N–H and O–H groups in total. The van der Waals surface area contributed by atoms with Gasteiger partial charge in [0, 0.05) is 37.9 Å². The highest BCUT2D eigenvalue weighted by atomic mass is 32.2. The van der Waals surface area contributed by atoms with Gasteiger partial charge in [-0.15, -0.1) is 0 Å². The molecular weight excluding hydrogens is 402 g/mol. The van der Waals surface area contributed by atoms with Crippen molar-refractivity contribution < 1.29 is 17.9 Å². The Morgan fingerprint density at radius 3 is 2.33 bits per heavy atom. The first kappa shape index (κ1) is 22.0. The lowest BCUT2D eigenvalue weighted by Gasteiger charge is -2.42. The Balaban J connectivity index is 1.74. The van der Waals surface area contributed by atoms with E-state index < -0.39 is 15.6 Å². The second kappa shape index (κ2) is 9.39. The molecule has 1 heterocycles. The van der Waals surface area contributed by atoms with Crippen LogP contribution in [0.5, 0.6) is 0 Å². The van der Waals surface area contributed by atoms with E-state index >= 15 is 0 Å². The highest BCUT2D eigenvalue weighted by molar-refractivity contribution is 7.89. The molecule has 0 aromatic heterocycles. The second-order valence-corrected chi connectivity index (χ2v) is 9.32. The van der Waals surface area contributed by atoms with E-state index in [9.17, 15) is 13.2 Å². The first-order valence-electron chi connectivity index (χ1n) is 9.77. The lowest BCUT2D eigenvalue weighted by molar-refractivity contribution is 0.0783. The van der Waals surface area contributed by atoms with Crippen LogP contribution in [0.15, 0.2) is 59.5 Å². The van der Waals surface area contributed by atoms with Crippen LogP contribution in [-0.2, 0) is 14.8 Å². The van der Waals surface area contributed by atoms with Gasteiger partial charge in [-0.1, -0.05) is 18.2 Å². The first-order valence-corrected chi connectivity index (χ1v) is 11.2. The number of rotatable bonds is 7. The van der Waals surface area contributed by atoms with Crippen LogP contribution >= 0.6 is 0 Å². The normalized spacial score (nSPS) is 16.5. The van der Waals surface area contributed by atoms with Crippen LogP contribution in [0.25, 0.3) is 0 Å². The van der Waals surface area contributed by atoms with Crippen LogP contribution in [0.3, 0.4) is 0 Å². The van der Waals surface area contributed by atoms with E-state index in [1.54, 1.807) is 19.2 Å². The van der Waals surface area contributed by atoms with E-state index in [1.165, 1.54) is 28.6 Å². The molecule has 1 aliphatic rings. The fourth-order valence-electron chi connectivity index (χ4n) is 3.64. The van der Waals surface area contributed by atoms with Crippen molar-refractivity contribution in [1.82, 2.24) is 9.62 Å². The summed E-state index contributed by atoms with van der Waals surface area (Å²) in [6, 6.07) is 16.9. The molecule has 1 fully saturated rings. The Kier molecular flexibility index (Phi) is 6.87. The Morgan fingerprint density at radius 2 is 1.77 bits per heavy atom. The molecule has 1 aliphatic heterocycles. The van der Waals surface area contributed by atoms with Gasteiger partial charge >= 0.3 is 0 Å². The van der Waals surface area contributed by atoms with Crippen LogP contribution in [0, 0.1) is 11.3 Å². The van der Waals surface area contributed by atoms with Crippen LogP contribution in [0.4, 0.5) is 0 Å². The number of amides is 1. The van der Waals surface area contributed by atoms with Crippen molar-refractivity contribution in [3.8, 4) is 6.07 Å². The number of nitrogens with zero attached hydrogens (tertiary/aromatic N) is 2. The van der Waals surface area contributed by atoms with Crippen LogP contribution in [0.2, 0.25) is 0 Å². The molecule has 1 amide bonds. The molecule has 0 aliphatic carbocycles. The predicted molar refractivity (Wildman–Crippen MR) is 112 cm³/mol. The largest absolute Gasteiger partial charge is 0.385 e. The average Bonchev–Trinajstić information content (AvgIpc) is 2.78. The molecule has 2 aromatic carbocycles. The molecule has 8 heteroatoms. The Morgan fingerprint density at radius 1 is 1.13 bits per heavy atom. The summed E-state index contributed by atoms with van der Waals surface area (Å²) < 4.78 is 32.6. The standard InChI is InChI=1S/C22H25N3O4S/c1-29-16-13-22(24-21(26)19-5-3-2-4-6-19)11-14-25(15-12-22)30(27,28)20-9-7-18(17-23)8-10-20/h2-10H,11-16H2,1H3,(H,24,26). The maximum absolute atomic E-state index is 13.0. The summed E-state index contributed by atoms with van der Waals surface area (Å²) in [6.45, 7) is 1.06. The number of ether oxygens (including phenoxy) is 1. The maximum Gasteiger partial charge on any atom is 0.251 e. The molecule has 30 heavy (non-hydrogen) atoms. The number of hydrogen-bond donors (Lipinski definition) is 1. The predicted octanol–water partition coefficient (Wildman–Crippen LogP) is 2.55. The van der Waals surface area contributed by atoms with E-state index in [1.807, 2.05) is 24.3 Å². The number of nitrogens with one attached hydrogen (secondary N) is 1. The van der Waals surface area contributed by atoms with Crippen LogP contribution in [-0.4, -0.2) is 51.0 Å². The number of piperidine rings is 1. The van der Waals surface area contributed by atoms with Crippen molar-refractivity contribution in [1.29, 1.82) is 5.26 Å². The fourth-order valence-corrected chi connectivity index (χ4v) is 5.08. The second-order valence-electron chi connectivity index (χ2n) is 7.38. The summed E-state index contributed by atoms with van der Waals surface area (Å²) in [4.78, 5) is 12.9. The number of benzene rings is 2. The molecule has 0 atom stereocenters. The molecule has 0 spiro atoms. The molecule has 0 radical (unpaired) electrons. The van der Waals surface area contributed by atoms with Crippen molar-refractivity contribution in [3.05, 3.63) is 65.7 Å². The molecular formula is C22H25N3O4S. The highest BCUT2D eigenvalue weighted by Gasteiger charge is 2.39. The van der Waals surface area contributed by atoms with Gasteiger partial charge in [0.15, 0.2) is 0 Å². The lowest BCUT2D eigenvalue weighted by atomic mass is 9.85. The minimum Gasteiger partial charge on any atom is -0.385 e. The van der Waals surface area contributed by atoms with Crippen molar-refractivity contribution in [2.45, 2.75) is 29.7 Å². The van der Waals surface area contributed by atoms with Crippen molar-refractivity contribution in [2.24, 2.45) is 0 Å². The van der Waals surface area contributed by atoms with Crippen LogP contribution in [0.1, 0.15) is 35.2 Å². The fraction of sp³-hybridized carbons (Fsp3) is 0.364. The van der Waals surface area contributed by atoms with E-state index in [0.29, 0.717) is 50.1 Å². The van der Waals surface area contributed by atoms with Crippen molar-refractivity contribution >= 4 is 15.9 Å². The van der Waals surface area contributed by atoms with Gasteiger partial charge in [0.2, 0.25) is 10.0 Å². The van der Waals surface area contributed by atoms with Gasteiger partial charge in [-0.25, -0.2) is 8.42 Å². The summed E-state index contributed by atoms with van der Waals surface area (Å²) in [5, 5.41) is 12.0. The van der Waals surface area contributed by atoms with Gasteiger partial charge in [-0.05, 0) is 55.7 Å². The monoisotopic (exact) mass is 427 g/mol. The van der Waals surface area contributed by atoms with Gasteiger partial charge < -0.3 is 10.1 Å². The Hall–Kier alpha value is -2.73. The minimum atomic E-state index is -3.66. The average molecular weight is 428 g/mol. The van der Waals surface area contributed by atoms with Crippen molar-refractivity contribution in [3.63, 3.8) is 0 Å². The number of sulfonamides is 1. The zero-order valence-corrected chi connectivity index (χ0v) is 17.7. The minimum absolute atomic E-state index is 0.166. The number of carbonyl (C=O) groups excluding carboxylic acids is 1. The summed E-state index contributed by atoms with van der Waals surface area (Å²) >= 11 is 0. The SMILES string of the molecule is COCCC1(NC(=O)c2ccccc2)CCN(S(=O)(=O)c2ccc(C#N)cc2)CC1.